The van der Waals surface area contributed by atoms with E-state index in [1.54, 1.807) is 30.3 Å². The van der Waals surface area contributed by atoms with Crippen LogP contribution in [0.1, 0.15) is 16.8 Å². The van der Waals surface area contributed by atoms with E-state index in [2.05, 4.69) is 15.5 Å². The first kappa shape index (κ1) is 19.2. The number of hydrogen-bond donors (Lipinski definition) is 2. The third kappa shape index (κ3) is 5.21. The van der Waals surface area contributed by atoms with Gasteiger partial charge in [0.2, 0.25) is 5.91 Å². The fourth-order valence-electron chi connectivity index (χ4n) is 2.92. The second-order valence-corrected chi connectivity index (χ2v) is 6.56. The average Bonchev–Trinajstić information content (AvgIpc) is 2.69. The van der Waals surface area contributed by atoms with Crippen molar-refractivity contribution in [2.75, 3.05) is 43.1 Å². The Morgan fingerprint density at radius 2 is 1.78 bits per heavy atom. The molecule has 0 aromatic heterocycles. The molecular formula is C20H22ClN3O3. The van der Waals surface area contributed by atoms with E-state index < -0.39 is 0 Å². The van der Waals surface area contributed by atoms with E-state index in [0.29, 0.717) is 29.5 Å². The Bertz CT molecular complexity index is 792. The predicted molar refractivity (Wildman–Crippen MR) is 107 cm³/mol. The first-order valence-corrected chi connectivity index (χ1v) is 9.27. The number of halogens is 1. The lowest BCUT2D eigenvalue weighted by Crippen LogP contribution is -2.37. The molecule has 2 aromatic carbocycles. The Balaban J connectivity index is 1.56. The van der Waals surface area contributed by atoms with Crippen molar-refractivity contribution >= 4 is 34.8 Å². The molecule has 2 aromatic rings. The fourth-order valence-corrected chi connectivity index (χ4v) is 3.21. The van der Waals surface area contributed by atoms with Gasteiger partial charge in [-0.3, -0.25) is 9.59 Å². The van der Waals surface area contributed by atoms with E-state index in [1.807, 2.05) is 18.2 Å². The standard InChI is InChI=1S/C20H22ClN3O3/c21-16-7-4-8-17(19(16)24-11-13-27-14-12-24)23-18(25)9-10-22-20(26)15-5-2-1-3-6-15/h1-8H,9-14H2,(H,22,26)(H,23,25). The number of para-hydroxylation sites is 1. The highest BCUT2D eigenvalue weighted by molar-refractivity contribution is 6.34. The average molecular weight is 388 g/mol. The summed E-state index contributed by atoms with van der Waals surface area (Å²) in [5, 5.41) is 6.25. The van der Waals surface area contributed by atoms with Gasteiger partial charge < -0.3 is 20.3 Å². The van der Waals surface area contributed by atoms with Gasteiger partial charge in [-0.05, 0) is 24.3 Å². The number of carbonyl (C=O) groups is 2. The van der Waals surface area contributed by atoms with E-state index in [4.69, 9.17) is 16.3 Å². The van der Waals surface area contributed by atoms with Crippen molar-refractivity contribution in [3.05, 3.63) is 59.1 Å². The highest BCUT2D eigenvalue weighted by Gasteiger charge is 2.19. The molecule has 0 spiro atoms. The zero-order valence-electron chi connectivity index (χ0n) is 14.9. The molecule has 1 aliphatic rings. The molecule has 2 amide bonds. The van der Waals surface area contributed by atoms with Crippen LogP contribution in [0.2, 0.25) is 5.02 Å². The van der Waals surface area contributed by atoms with Crippen molar-refractivity contribution in [2.24, 2.45) is 0 Å². The fraction of sp³-hybridized carbons (Fsp3) is 0.300. The van der Waals surface area contributed by atoms with Gasteiger partial charge in [-0.25, -0.2) is 0 Å². The van der Waals surface area contributed by atoms with Gasteiger partial charge in [0.05, 0.1) is 29.6 Å². The quantitative estimate of drug-likeness (QED) is 0.799. The van der Waals surface area contributed by atoms with Crippen LogP contribution in [0.5, 0.6) is 0 Å². The van der Waals surface area contributed by atoms with Gasteiger partial charge in [0.25, 0.3) is 5.91 Å². The van der Waals surface area contributed by atoms with Crippen LogP contribution in [0.15, 0.2) is 48.5 Å². The summed E-state index contributed by atoms with van der Waals surface area (Å²) < 4.78 is 5.38. The number of amides is 2. The smallest absolute Gasteiger partial charge is 0.251 e. The summed E-state index contributed by atoms with van der Waals surface area (Å²) in [7, 11) is 0. The summed E-state index contributed by atoms with van der Waals surface area (Å²) in [5.74, 6) is -0.375. The van der Waals surface area contributed by atoms with Gasteiger partial charge in [0.15, 0.2) is 0 Å². The van der Waals surface area contributed by atoms with Crippen LogP contribution in [0.4, 0.5) is 11.4 Å². The van der Waals surface area contributed by atoms with Crippen LogP contribution in [-0.2, 0) is 9.53 Å². The maximum atomic E-state index is 12.3. The van der Waals surface area contributed by atoms with Crippen LogP contribution in [0, 0.1) is 0 Å². The van der Waals surface area contributed by atoms with Crippen LogP contribution in [0.25, 0.3) is 0 Å². The minimum Gasteiger partial charge on any atom is -0.378 e. The summed E-state index contributed by atoms with van der Waals surface area (Å²) >= 11 is 6.37. The molecule has 27 heavy (non-hydrogen) atoms. The van der Waals surface area contributed by atoms with Gasteiger partial charge in [0, 0.05) is 31.6 Å². The molecule has 1 fully saturated rings. The number of carbonyl (C=O) groups excluding carboxylic acids is 2. The van der Waals surface area contributed by atoms with E-state index in [9.17, 15) is 9.59 Å². The van der Waals surface area contributed by atoms with Gasteiger partial charge >= 0.3 is 0 Å². The van der Waals surface area contributed by atoms with Crippen LogP contribution < -0.4 is 15.5 Å². The zero-order chi connectivity index (χ0) is 19.1. The third-order valence-electron chi connectivity index (χ3n) is 4.26. The SMILES string of the molecule is O=C(CCNC(=O)c1ccccc1)Nc1cccc(Cl)c1N1CCOCC1. The Hall–Kier alpha value is -2.57. The molecule has 2 N–H and O–H groups in total. The number of hydrogen-bond acceptors (Lipinski definition) is 4. The van der Waals surface area contributed by atoms with Gasteiger partial charge in [-0.15, -0.1) is 0 Å². The van der Waals surface area contributed by atoms with E-state index in [1.165, 1.54) is 0 Å². The number of morpholine rings is 1. The van der Waals surface area contributed by atoms with E-state index >= 15 is 0 Å². The first-order chi connectivity index (χ1) is 13.1. The molecule has 142 valence electrons. The summed E-state index contributed by atoms with van der Waals surface area (Å²) in [6.07, 6.45) is 0.174. The molecule has 1 aliphatic heterocycles. The predicted octanol–water partition coefficient (Wildman–Crippen LogP) is 2.94. The van der Waals surface area contributed by atoms with Crippen molar-refractivity contribution in [1.29, 1.82) is 0 Å². The van der Waals surface area contributed by atoms with Gasteiger partial charge in [-0.1, -0.05) is 35.9 Å². The second kappa shape index (κ2) is 9.39. The van der Waals surface area contributed by atoms with Gasteiger partial charge in [0.1, 0.15) is 0 Å². The molecule has 0 aliphatic carbocycles. The lowest BCUT2D eigenvalue weighted by atomic mass is 10.2. The topological polar surface area (TPSA) is 70.7 Å². The number of ether oxygens (including phenoxy) is 1. The Kier molecular flexibility index (Phi) is 6.68. The van der Waals surface area contributed by atoms with Crippen molar-refractivity contribution < 1.29 is 14.3 Å². The Morgan fingerprint density at radius 3 is 2.52 bits per heavy atom. The van der Waals surface area contributed by atoms with E-state index in [0.717, 1.165) is 18.8 Å². The molecular weight excluding hydrogens is 366 g/mol. The number of nitrogens with one attached hydrogen (secondary N) is 2. The van der Waals surface area contributed by atoms with Crippen molar-refractivity contribution in [3.63, 3.8) is 0 Å². The van der Waals surface area contributed by atoms with Crippen molar-refractivity contribution in [3.8, 4) is 0 Å². The second-order valence-electron chi connectivity index (χ2n) is 6.16. The largest absolute Gasteiger partial charge is 0.378 e. The summed E-state index contributed by atoms with van der Waals surface area (Å²) in [5.41, 5.74) is 2.05. The lowest BCUT2D eigenvalue weighted by Gasteiger charge is -2.31. The third-order valence-corrected chi connectivity index (χ3v) is 4.57. The normalized spacial score (nSPS) is 13.9. The molecule has 0 atom stereocenters. The Labute approximate surface area is 163 Å². The molecule has 6 nitrogen and oxygen atoms in total. The summed E-state index contributed by atoms with van der Waals surface area (Å²) in [6.45, 7) is 2.96. The Morgan fingerprint density at radius 1 is 1.04 bits per heavy atom. The number of rotatable bonds is 6. The highest BCUT2D eigenvalue weighted by atomic mass is 35.5. The van der Waals surface area contributed by atoms with Crippen LogP contribution >= 0.6 is 11.6 Å². The molecule has 1 heterocycles. The summed E-state index contributed by atoms with van der Waals surface area (Å²) in [6, 6.07) is 14.4. The number of benzene rings is 2. The van der Waals surface area contributed by atoms with Gasteiger partial charge in [-0.2, -0.15) is 0 Å². The monoisotopic (exact) mass is 387 g/mol. The molecule has 0 radical (unpaired) electrons. The molecule has 0 saturated carbocycles. The maximum absolute atomic E-state index is 12.3. The number of nitrogens with zero attached hydrogens (tertiary/aromatic N) is 1. The summed E-state index contributed by atoms with van der Waals surface area (Å²) in [4.78, 5) is 26.4. The molecule has 1 saturated heterocycles. The van der Waals surface area contributed by atoms with E-state index in [-0.39, 0.29) is 24.8 Å². The minimum absolute atomic E-state index is 0.174. The van der Waals surface area contributed by atoms with Crippen LogP contribution in [-0.4, -0.2) is 44.7 Å². The van der Waals surface area contributed by atoms with Crippen LogP contribution in [0.3, 0.4) is 0 Å². The molecule has 7 heteroatoms. The van der Waals surface area contributed by atoms with Crippen molar-refractivity contribution in [2.45, 2.75) is 6.42 Å². The lowest BCUT2D eigenvalue weighted by molar-refractivity contribution is -0.116. The van der Waals surface area contributed by atoms with Crippen molar-refractivity contribution in [1.82, 2.24) is 5.32 Å². The highest BCUT2D eigenvalue weighted by Crippen LogP contribution is 2.34. The molecule has 3 rings (SSSR count). The minimum atomic E-state index is -0.194. The maximum Gasteiger partial charge on any atom is 0.251 e. The zero-order valence-corrected chi connectivity index (χ0v) is 15.7. The molecule has 0 unspecified atom stereocenters. The first-order valence-electron chi connectivity index (χ1n) is 8.89. The molecule has 0 bridgehead atoms. The number of anilines is 2.